The van der Waals surface area contributed by atoms with Crippen LogP contribution in [0.25, 0.3) is 0 Å². The Bertz CT molecular complexity index is 581. The third kappa shape index (κ3) is 3.19. The van der Waals surface area contributed by atoms with Gasteiger partial charge in [0.2, 0.25) is 0 Å². The van der Waals surface area contributed by atoms with Crippen LogP contribution in [0.5, 0.6) is 11.5 Å². The topological polar surface area (TPSA) is 48.3 Å². The molecule has 114 valence electrons. The van der Waals surface area contributed by atoms with Gasteiger partial charge in [0.05, 0.1) is 20.3 Å². The summed E-state index contributed by atoms with van der Waals surface area (Å²) in [5.41, 5.74) is 1.03. The van der Waals surface area contributed by atoms with Gasteiger partial charge in [-0.2, -0.15) is 0 Å². The zero-order chi connectivity index (χ0) is 15.2. The number of benzene rings is 1. The standard InChI is InChI=1S/C16H23N3O2/c1-5-9-17-14(16-18-10-11-19(16)2)12-7-6-8-13(20-3)15(12)21-4/h6-8,10-11,14,17H,5,9H2,1-4H3. The lowest BCUT2D eigenvalue weighted by atomic mass is 10.0. The van der Waals surface area contributed by atoms with E-state index in [1.165, 1.54) is 0 Å². The first-order valence-corrected chi connectivity index (χ1v) is 7.14. The van der Waals surface area contributed by atoms with Crippen LogP contribution in [0.2, 0.25) is 0 Å². The molecule has 1 heterocycles. The highest BCUT2D eigenvalue weighted by molar-refractivity contribution is 5.49. The van der Waals surface area contributed by atoms with Gasteiger partial charge < -0.3 is 19.4 Å². The van der Waals surface area contributed by atoms with Gasteiger partial charge in [-0.05, 0) is 19.0 Å². The van der Waals surface area contributed by atoms with Gasteiger partial charge in [-0.1, -0.05) is 19.1 Å². The van der Waals surface area contributed by atoms with Crippen molar-refractivity contribution in [1.29, 1.82) is 0 Å². The Morgan fingerprint density at radius 3 is 2.67 bits per heavy atom. The fourth-order valence-corrected chi connectivity index (χ4v) is 2.42. The van der Waals surface area contributed by atoms with Crippen LogP contribution >= 0.6 is 0 Å². The van der Waals surface area contributed by atoms with Crippen molar-refractivity contribution in [2.75, 3.05) is 20.8 Å². The molecule has 0 fully saturated rings. The SMILES string of the molecule is CCCNC(c1cccc(OC)c1OC)c1nccn1C. The van der Waals surface area contributed by atoms with Crippen LogP contribution in [0.1, 0.15) is 30.8 Å². The molecule has 0 aliphatic heterocycles. The molecule has 1 N–H and O–H groups in total. The molecule has 0 radical (unpaired) electrons. The number of aryl methyl sites for hydroxylation is 1. The molecule has 2 aromatic rings. The Kier molecular flexibility index (Phi) is 5.22. The molecule has 0 saturated heterocycles. The molecule has 2 rings (SSSR count). The molecule has 5 nitrogen and oxygen atoms in total. The van der Waals surface area contributed by atoms with E-state index in [1.54, 1.807) is 14.2 Å². The van der Waals surface area contributed by atoms with Gasteiger partial charge in [0.1, 0.15) is 5.82 Å². The Morgan fingerprint density at radius 2 is 2.10 bits per heavy atom. The molecular weight excluding hydrogens is 266 g/mol. The van der Waals surface area contributed by atoms with Gasteiger partial charge in [-0.15, -0.1) is 0 Å². The molecule has 0 amide bonds. The molecule has 0 saturated carbocycles. The summed E-state index contributed by atoms with van der Waals surface area (Å²) in [6, 6.07) is 5.89. The van der Waals surface area contributed by atoms with Crippen molar-refractivity contribution in [1.82, 2.24) is 14.9 Å². The third-order valence-corrected chi connectivity index (χ3v) is 3.46. The first-order chi connectivity index (χ1) is 10.2. The van der Waals surface area contributed by atoms with Crippen LogP contribution in [0.4, 0.5) is 0 Å². The van der Waals surface area contributed by atoms with E-state index in [9.17, 15) is 0 Å². The number of nitrogens with one attached hydrogen (secondary N) is 1. The molecule has 1 atom stereocenters. The van der Waals surface area contributed by atoms with Crippen LogP contribution in [0, 0.1) is 0 Å². The minimum Gasteiger partial charge on any atom is -0.493 e. The van der Waals surface area contributed by atoms with Crippen molar-refractivity contribution >= 4 is 0 Å². The zero-order valence-corrected chi connectivity index (χ0v) is 13.1. The summed E-state index contributed by atoms with van der Waals surface area (Å²) in [7, 11) is 5.31. The Hall–Kier alpha value is -2.01. The number of hydrogen-bond acceptors (Lipinski definition) is 4. The molecule has 1 aromatic heterocycles. The van der Waals surface area contributed by atoms with Gasteiger partial charge in [-0.25, -0.2) is 4.98 Å². The second kappa shape index (κ2) is 7.13. The summed E-state index contributed by atoms with van der Waals surface area (Å²) >= 11 is 0. The van der Waals surface area contributed by atoms with E-state index in [0.29, 0.717) is 0 Å². The van der Waals surface area contributed by atoms with E-state index in [2.05, 4.69) is 17.2 Å². The second-order valence-corrected chi connectivity index (χ2v) is 4.87. The normalized spacial score (nSPS) is 12.2. The summed E-state index contributed by atoms with van der Waals surface area (Å²) in [5, 5.41) is 3.54. The fourth-order valence-electron chi connectivity index (χ4n) is 2.42. The monoisotopic (exact) mass is 289 g/mol. The number of nitrogens with zero attached hydrogens (tertiary/aromatic N) is 2. The van der Waals surface area contributed by atoms with Gasteiger partial charge in [0.25, 0.3) is 0 Å². The molecule has 5 heteroatoms. The highest BCUT2D eigenvalue weighted by Crippen LogP contribution is 2.36. The molecule has 1 unspecified atom stereocenters. The highest BCUT2D eigenvalue weighted by Gasteiger charge is 2.23. The summed E-state index contributed by atoms with van der Waals surface area (Å²) in [6.07, 6.45) is 4.80. The van der Waals surface area contributed by atoms with Crippen molar-refractivity contribution in [2.24, 2.45) is 7.05 Å². The maximum atomic E-state index is 5.56. The quantitative estimate of drug-likeness (QED) is 0.851. The largest absolute Gasteiger partial charge is 0.493 e. The van der Waals surface area contributed by atoms with E-state index in [4.69, 9.17) is 9.47 Å². The highest BCUT2D eigenvalue weighted by atomic mass is 16.5. The Balaban J connectivity index is 2.49. The summed E-state index contributed by atoms with van der Waals surface area (Å²) in [4.78, 5) is 4.48. The van der Waals surface area contributed by atoms with Gasteiger partial charge >= 0.3 is 0 Å². The predicted molar refractivity (Wildman–Crippen MR) is 82.9 cm³/mol. The average molecular weight is 289 g/mol. The third-order valence-electron chi connectivity index (χ3n) is 3.46. The lowest BCUT2D eigenvalue weighted by molar-refractivity contribution is 0.348. The van der Waals surface area contributed by atoms with E-state index in [0.717, 1.165) is 35.9 Å². The predicted octanol–water partition coefficient (Wildman–Crippen LogP) is 2.53. The molecule has 21 heavy (non-hydrogen) atoms. The van der Waals surface area contributed by atoms with Crippen LogP contribution in [0.3, 0.4) is 0 Å². The van der Waals surface area contributed by atoms with Crippen molar-refractivity contribution in [3.8, 4) is 11.5 Å². The lowest BCUT2D eigenvalue weighted by Gasteiger charge is -2.22. The number of hydrogen-bond donors (Lipinski definition) is 1. The van der Waals surface area contributed by atoms with Gasteiger partial charge in [0, 0.05) is 25.0 Å². The minimum absolute atomic E-state index is 0.0324. The number of ether oxygens (including phenoxy) is 2. The van der Waals surface area contributed by atoms with E-state index in [1.807, 2.05) is 42.2 Å². The number of methoxy groups -OCH3 is 2. The molecule has 0 aliphatic carbocycles. The lowest BCUT2D eigenvalue weighted by Crippen LogP contribution is -2.26. The van der Waals surface area contributed by atoms with Crippen LogP contribution in [-0.4, -0.2) is 30.3 Å². The van der Waals surface area contributed by atoms with Crippen LogP contribution in [-0.2, 0) is 7.05 Å². The van der Waals surface area contributed by atoms with Gasteiger partial charge in [0.15, 0.2) is 11.5 Å². The number of rotatable bonds is 7. The second-order valence-electron chi connectivity index (χ2n) is 4.87. The molecule has 0 aliphatic rings. The van der Waals surface area contributed by atoms with Crippen LogP contribution < -0.4 is 14.8 Å². The first kappa shape index (κ1) is 15.4. The van der Waals surface area contributed by atoms with E-state index in [-0.39, 0.29) is 6.04 Å². The average Bonchev–Trinajstić information content (AvgIpc) is 2.93. The number of para-hydroxylation sites is 1. The summed E-state index contributed by atoms with van der Waals surface area (Å²) in [6.45, 7) is 3.04. The number of imidazole rings is 1. The Labute approximate surface area is 125 Å². The smallest absolute Gasteiger partial charge is 0.165 e. The molecular formula is C16H23N3O2. The molecule has 0 spiro atoms. The summed E-state index contributed by atoms with van der Waals surface area (Å²) < 4.78 is 13.0. The van der Waals surface area contributed by atoms with Crippen molar-refractivity contribution in [3.05, 3.63) is 42.0 Å². The molecule has 0 bridgehead atoms. The Morgan fingerprint density at radius 1 is 1.29 bits per heavy atom. The van der Waals surface area contributed by atoms with E-state index < -0.39 is 0 Å². The molecule has 1 aromatic carbocycles. The maximum absolute atomic E-state index is 5.56. The van der Waals surface area contributed by atoms with Crippen LogP contribution in [0.15, 0.2) is 30.6 Å². The maximum Gasteiger partial charge on any atom is 0.165 e. The summed E-state index contributed by atoms with van der Waals surface area (Å²) in [5.74, 6) is 2.43. The van der Waals surface area contributed by atoms with E-state index >= 15 is 0 Å². The van der Waals surface area contributed by atoms with Crippen molar-refractivity contribution in [2.45, 2.75) is 19.4 Å². The first-order valence-electron chi connectivity index (χ1n) is 7.14. The zero-order valence-electron chi connectivity index (χ0n) is 13.1. The van der Waals surface area contributed by atoms with Crippen molar-refractivity contribution in [3.63, 3.8) is 0 Å². The van der Waals surface area contributed by atoms with Crippen molar-refractivity contribution < 1.29 is 9.47 Å². The fraction of sp³-hybridized carbons (Fsp3) is 0.438. The number of aromatic nitrogens is 2. The minimum atomic E-state index is -0.0324. The van der Waals surface area contributed by atoms with Gasteiger partial charge in [-0.3, -0.25) is 0 Å².